The number of pyridine rings is 2. The first kappa shape index (κ1) is 58.0. The fourth-order valence-corrected chi connectivity index (χ4v) is 15.7. The first-order valence-electron chi connectivity index (χ1n) is 30.7. The molecule has 1 spiro atoms. The van der Waals surface area contributed by atoms with E-state index in [2.05, 4.69) is 83.7 Å². The molecule has 4 saturated heterocycles. The molecule has 13 rings (SSSR count). The molecule has 0 bridgehead atoms. The summed E-state index contributed by atoms with van der Waals surface area (Å²) < 4.78 is 55.0. The molecule has 4 N–H and O–H groups in total. The van der Waals surface area contributed by atoms with Crippen LogP contribution < -0.4 is 34.2 Å². The Balaban J connectivity index is 0.740. The number of rotatable bonds is 15. The molecule has 2 aliphatic carbocycles. The Hall–Kier alpha value is -7.08. The average molecular weight is 1190 g/mol. The quantitative estimate of drug-likeness (QED) is 0.0554. The number of H-pyrrole nitrogens is 1. The zero-order valence-electron chi connectivity index (χ0n) is 49.6. The van der Waals surface area contributed by atoms with Crippen molar-refractivity contribution in [2.45, 2.75) is 119 Å². The fourth-order valence-electron chi connectivity index (χ4n) is 14.8. The van der Waals surface area contributed by atoms with Crippen molar-refractivity contribution >= 4 is 61.2 Å². The molecule has 1 amide bonds. The SMILES string of the molecule is COc1cc([C@H](C)N2CCN(C3CC4(CCN(c5ccc(C(=O)NS(=O)(=O)c6ccc(NCC7CCC(C)(O)CC7)c([N+](=O)[O-])c6)c(N6c7cc8cc[nH]c8nc7O[C@H]7COCC[C@@H]76)c5)CC4)C3)[C@H](c3ccccc3C)C2)cnc1N1CCOCC1. The van der Waals surface area contributed by atoms with Crippen molar-refractivity contribution in [3.05, 3.63) is 124 Å². The van der Waals surface area contributed by atoms with Gasteiger partial charge in [-0.3, -0.25) is 24.7 Å². The molecule has 3 aromatic heterocycles. The van der Waals surface area contributed by atoms with Gasteiger partial charge in [0.05, 0.1) is 59.6 Å². The van der Waals surface area contributed by atoms with Gasteiger partial charge in [-0.25, -0.2) is 18.1 Å². The summed E-state index contributed by atoms with van der Waals surface area (Å²) >= 11 is 0. The van der Waals surface area contributed by atoms with Gasteiger partial charge in [0, 0.05) is 107 Å². The number of sulfonamides is 1. The predicted octanol–water partition coefficient (Wildman–Crippen LogP) is 9.05. The number of anilines is 5. The number of carbonyl (C=O) groups excluding carboxylic acids is 1. The molecule has 7 aliphatic rings. The van der Waals surface area contributed by atoms with E-state index < -0.39 is 43.1 Å². The number of hydrogen-bond acceptors (Lipinski definition) is 18. The summed E-state index contributed by atoms with van der Waals surface area (Å²) in [6.45, 7) is 14.8. The largest absolute Gasteiger partial charge is 0.493 e. The van der Waals surface area contributed by atoms with Crippen molar-refractivity contribution in [1.82, 2.24) is 29.5 Å². The molecular weight excluding hydrogens is 1110 g/mol. The van der Waals surface area contributed by atoms with Gasteiger partial charge in [0.1, 0.15) is 23.1 Å². The van der Waals surface area contributed by atoms with Crippen LogP contribution in [-0.4, -0.2) is 159 Å². The molecule has 456 valence electrons. The highest BCUT2D eigenvalue weighted by atomic mass is 32.2. The monoisotopic (exact) mass is 1190 g/mol. The van der Waals surface area contributed by atoms with E-state index in [1.807, 2.05) is 43.6 Å². The van der Waals surface area contributed by atoms with E-state index in [-0.39, 0.29) is 40.7 Å². The number of nitrogens with zero attached hydrogens (tertiary/aromatic N) is 8. The molecule has 8 heterocycles. The highest BCUT2D eigenvalue weighted by Gasteiger charge is 2.51. The van der Waals surface area contributed by atoms with Crippen molar-refractivity contribution in [2.75, 3.05) is 106 Å². The van der Waals surface area contributed by atoms with Gasteiger partial charge in [0.25, 0.3) is 21.6 Å². The number of methoxy groups -OCH3 is 1. The Kier molecular flexibility index (Phi) is 15.9. The first-order valence-corrected chi connectivity index (χ1v) is 32.2. The Morgan fingerprint density at radius 2 is 1.71 bits per heavy atom. The average Bonchev–Trinajstić information content (AvgIpc) is 1.16. The lowest BCUT2D eigenvalue weighted by atomic mass is 9.59. The van der Waals surface area contributed by atoms with Crippen molar-refractivity contribution in [3.63, 3.8) is 0 Å². The zero-order chi connectivity index (χ0) is 59.5. The summed E-state index contributed by atoms with van der Waals surface area (Å²) in [6.07, 6.45) is 11.0. The third-order valence-electron chi connectivity index (χ3n) is 20.0. The van der Waals surface area contributed by atoms with Crippen molar-refractivity contribution in [1.29, 1.82) is 0 Å². The predicted molar refractivity (Wildman–Crippen MR) is 328 cm³/mol. The number of amides is 1. The Bertz CT molecular complexity index is 3610. The number of morpholine rings is 1. The molecule has 6 fully saturated rings. The van der Waals surface area contributed by atoms with Crippen LogP contribution in [0.5, 0.6) is 11.6 Å². The fraction of sp³-hybridized carbons (Fsp3) is 0.516. The highest BCUT2D eigenvalue weighted by Crippen LogP contribution is 2.54. The number of benzene rings is 3. The highest BCUT2D eigenvalue weighted by molar-refractivity contribution is 7.90. The number of nitro benzene ring substituents is 1. The van der Waals surface area contributed by atoms with Crippen LogP contribution in [0.15, 0.2) is 96.2 Å². The van der Waals surface area contributed by atoms with E-state index in [0.29, 0.717) is 81.2 Å². The molecule has 21 nitrogen and oxygen atoms in total. The lowest BCUT2D eigenvalue weighted by molar-refractivity contribution is -0.384. The number of piperidine rings is 1. The number of piperazine rings is 1. The molecule has 0 radical (unpaired) electrons. The molecule has 3 aromatic carbocycles. The maximum Gasteiger partial charge on any atom is 0.293 e. The molecule has 4 atom stereocenters. The number of nitrogens with one attached hydrogen (secondary N) is 3. The summed E-state index contributed by atoms with van der Waals surface area (Å²) in [5.41, 5.74) is 5.81. The number of ether oxygens (including phenoxy) is 4. The molecule has 22 heteroatoms. The van der Waals surface area contributed by atoms with Gasteiger partial charge in [-0.2, -0.15) is 4.98 Å². The lowest BCUT2D eigenvalue weighted by Gasteiger charge is -2.58. The minimum Gasteiger partial charge on any atom is -0.493 e. The maximum absolute atomic E-state index is 14.9. The van der Waals surface area contributed by atoms with E-state index in [1.165, 1.54) is 23.3 Å². The molecule has 5 aliphatic heterocycles. The molecule has 0 unspecified atom stereocenters. The Morgan fingerprint density at radius 1 is 0.919 bits per heavy atom. The molecule has 6 aromatic rings. The topological polar surface area (TPSA) is 233 Å². The summed E-state index contributed by atoms with van der Waals surface area (Å²) in [5.74, 6) is 1.33. The number of carbonyl (C=O) groups is 1. The standard InChI is InChI=1S/C64H79N11O10S/c1-41-7-5-6-8-49(41)56-39-72(42(2)45-32-57(82-4)60(67-38-45)71-26-29-83-30-27-71)24-25-73(56)47-35-64(36-47)19-22-70(23-20-64)46-9-11-50(53(33-46)74-52-16-28-84-40-58(52)85-62-55(74)31-44-15-21-65-59(44)68-62)61(76)69-86(80,81)48-10-12-51(54(34-48)75(78)79)66-37-43-13-17-63(3,77)18-14-43/h5-12,15,21,31-34,38,42-43,47,52,56,58,66,77H,13-14,16-20,22-30,35-37,39-40H2,1-4H3,(H,65,68)(H,69,76)/t42-,43?,52-,56-,58-,63?/m0/s1. The number of hydrogen-bond donors (Lipinski definition) is 4. The number of aromatic amines is 1. The van der Waals surface area contributed by atoms with Crippen LogP contribution >= 0.6 is 0 Å². The molecular formula is C64H79N11O10S. The van der Waals surface area contributed by atoms with Crippen molar-refractivity contribution in [3.8, 4) is 11.6 Å². The van der Waals surface area contributed by atoms with Gasteiger partial charge in [-0.05, 0) is 155 Å². The number of aromatic nitrogens is 3. The number of nitro groups is 1. The second kappa shape index (κ2) is 23.5. The van der Waals surface area contributed by atoms with Crippen LogP contribution in [0.4, 0.5) is 34.3 Å². The summed E-state index contributed by atoms with van der Waals surface area (Å²) in [5, 5.41) is 26.9. The maximum atomic E-state index is 14.9. The number of aryl methyl sites for hydroxylation is 1. The smallest absolute Gasteiger partial charge is 0.293 e. The van der Waals surface area contributed by atoms with Gasteiger partial charge in [0.15, 0.2) is 11.6 Å². The number of aliphatic hydroxyl groups is 1. The summed E-state index contributed by atoms with van der Waals surface area (Å²) in [7, 11) is -2.92. The van der Waals surface area contributed by atoms with Gasteiger partial charge < -0.3 is 49.1 Å². The van der Waals surface area contributed by atoms with Crippen LogP contribution in [0.2, 0.25) is 0 Å². The van der Waals surface area contributed by atoms with Crippen LogP contribution in [0.25, 0.3) is 11.0 Å². The van der Waals surface area contributed by atoms with E-state index in [0.717, 1.165) is 119 Å². The third kappa shape index (κ3) is 11.4. The number of fused-ring (bicyclic) bond motifs is 3. The normalized spacial score (nSPS) is 25.0. The Morgan fingerprint density at radius 3 is 2.48 bits per heavy atom. The van der Waals surface area contributed by atoms with E-state index in [4.69, 9.17) is 28.9 Å². The third-order valence-corrected chi connectivity index (χ3v) is 21.3. The van der Waals surface area contributed by atoms with Crippen molar-refractivity contribution in [2.24, 2.45) is 11.3 Å². The summed E-state index contributed by atoms with van der Waals surface area (Å²) in [4.78, 5) is 51.4. The van der Waals surface area contributed by atoms with Crippen LogP contribution in [0, 0.1) is 28.4 Å². The van der Waals surface area contributed by atoms with E-state index in [1.54, 1.807) is 13.2 Å². The molecule has 2 saturated carbocycles. The molecule has 86 heavy (non-hydrogen) atoms. The van der Waals surface area contributed by atoms with Crippen molar-refractivity contribution < 1.29 is 42.2 Å². The lowest BCUT2D eigenvalue weighted by Crippen LogP contribution is -2.60. The van der Waals surface area contributed by atoms with E-state index >= 15 is 0 Å². The van der Waals surface area contributed by atoms with Crippen LogP contribution in [0.1, 0.15) is 111 Å². The zero-order valence-corrected chi connectivity index (χ0v) is 50.4. The van der Waals surface area contributed by atoms with Gasteiger partial charge >= 0.3 is 0 Å². The summed E-state index contributed by atoms with van der Waals surface area (Å²) in [6, 6.07) is 24.7. The minimum absolute atomic E-state index is 0.106. The first-order chi connectivity index (χ1) is 41.5. The van der Waals surface area contributed by atoms with Gasteiger partial charge in [-0.15, -0.1) is 0 Å². The van der Waals surface area contributed by atoms with Crippen LogP contribution in [-0.2, 0) is 19.5 Å². The second-order valence-electron chi connectivity index (χ2n) is 25.3. The minimum atomic E-state index is -4.65. The van der Waals surface area contributed by atoms with Crippen LogP contribution in [0.3, 0.4) is 0 Å². The van der Waals surface area contributed by atoms with Gasteiger partial charge in [-0.1, -0.05) is 24.3 Å². The van der Waals surface area contributed by atoms with Gasteiger partial charge in [0.2, 0.25) is 5.88 Å². The Labute approximate surface area is 502 Å². The van der Waals surface area contributed by atoms with E-state index in [9.17, 15) is 28.4 Å². The second-order valence-corrected chi connectivity index (χ2v) is 27.0.